The highest BCUT2D eigenvalue weighted by molar-refractivity contribution is 7.91. The number of benzene rings is 1. The number of carbonyl (C=O) groups excluding carboxylic acids is 2. The summed E-state index contributed by atoms with van der Waals surface area (Å²) in [6.45, 7) is 7.46. The number of anilines is 1. The number of hydrogen-bond acceptors (Lipinski definition) is 11. The minimum atomic E-state index is -3.40. The molecule has 1 saturated heterocycles. The maximum atomic E-state index is 14.4. The Balaban J connectivity index is 1.16. The number of amides is 2. The third kappa shape index (κ3) is 10.5. The number of fused-ring (bicyclic) bond motifs is 3. The van der Waals surface area contributed by atoms with Crippen molar-refractivity contribution in [2.45, 2.75) is 57.7 Å². The van der Waals surface area contributed by atoms with Gasteiger partial charge in [-0.1, -0.05) is 17.5 Å². The van der Waals surface area contributed by atoms with E-state index < -0.39 is 15.3 Å². The number of terminal acetylenes is 1. The summed E-state index contributed by atoms with van der Waals surface area (Å²) in [4.78, 5) is 39.6. The highest BCUT2D eigenvalue weighted by atomic mass is 35.5. The van der Waals surface area contributed by atoms with E-state index in [0.717, 1.165) is 11.1 Å². The standard InChI is InChI=1S/C37H48ClN5O9S/c1-4-15-48-16-17-49-18-19-50-20-21-51-22-24-53(46,47)23-5-12-42-32-7-6-29(38)25-31(32)40-34(42)27-43-33-26-39-11-8-30(33)37(35(43)44)9-13-41(14-10-37)36(45)52-28(2)3/h1,6-8,11,25-26,28H,5,9-10,12-24,27H2,2-3H3. The number of hydrogen-bond donors (Lipinski definition) is 0. The summed E-state index contributed by atoms with van der Waals surface area (Å²) < 4.78 is 54.6. The lowest BCUT2D eigenvalue weighted by atomic mass is 9.74. The number of aryl methyl sites for hydroxylation is 1. The number of likely N-dealkylation sites (tertiary alicyclic amines) is 1. The zero-order valence-corrected chi connectivity index (χ0v) is 31.9. The van der Waals surface area contributed by atoms with E-state index in [2.05, 4.69) is 10.9 Å². The molecule has 16 heteroatoms. The Hall–Kier alpha value is -3.78. The minimum absolute atomic E-state index is 0.0454. The van der Waals surface area contributed by atoms with Gasteiger partial charge in [0.15, 0.2) is 9.84 Å². The molecule has 2 aromatic heterocycles. The molecule has 0 saturated carbocycles. The van der Waals surface area contributed by atoms with Crippen LogP contribution in [0.25, 0.3) is 11.0 Å². The summed E-state index contributed by atoms with van der Waals surface area (Å²) in [5.74, 6) is 2.76. The monoisotopic (exact) mass is 773 g/mol. The first kappa shape index (κ1) is 40.4. The lowest BCUT2D eigenvalue weighted by Gasteiger charge is -2.38. The molecule has 1 spiro atoms. The highest BCUT2D eigenvalue weighted by Crippen LogP contribution is 2.48. The molecule has 1 fully saturated rings. The van der Waals surface area contributed by atoms with Gasteiger partial charge in [-0.2, -0.15) is 0 Å². The van der Waals surface area contributed by atoms with Crippen molar-refractivity contribution in [2.24, 2.45) is 0 Å². The van der Waals surface area contributed by atoms with Crippen LogP contribution in [0, 0.1) is 12.3 Å². The summed E-state index contributed by atoms with van der Waals surface area (Å²) in [5, 5.41) is 0.519. The molecule has 5 rings (SSSR count). The molecule has 0 atom stereocenters. The predicted molar refractivity (Wildman–Crippen MR) is 200 cm³/mol. The summed E-state index contributed by atoms with van der Waals surface area (Å²) in [7, 11) is -3.40. The molecular weight excluding hydrogens is 726 g/mol. The Morgan fingerprint density at radius 2 is 1.68 bits per heavy atom. The van der Waals surface area contributed by atoms with E-state index in [1.165, 1.54) is 0 Å². The van der Waals surface area contributed by atoms with E-state index >= 15 is 0 Å². The number of pyridine rings is 1. The highest BCUT2D eigenvalue weighted by Gasteiger charge is 2.53. The maximum absolute atomic E-state index is 14.4. The van der Waals surface area contributed by atoms with Gasteiger partial charge in [0.2, 0.25) is 5.91 Å². The fraction of sp³-hybridized carbons (Fsp3) is 0.568. The number of imidazole rings is 1. The van der Waals surface area contributed by atoms with Crippen LogP contribution in [-0.2, 0) is 56.8 Å². The number of ether oxygens (including phenoxy) is 5. The van der Waals surface area contributed by atoms with Crippen LogP contribution < -0.4 is 4.90 Å². The second-order valence-corrected chi connectivity index (χ2v) is 15.9. The molecule has 4 heterocycles. The van der Waals surface area contributed by atoms with Gasteiger partial charge < -0.3 is 38.1 Å². The van der Waals surface area contributed by atoms with Crippen molar-refractivity contribution < 1.29 is 41.7 Å². The van der Waals surface area contributed by atoms with Crippen molar-refractivity contribution in [2.75, 3.05) is 82.4 Å². The van der Waals surface area contributed by atoms with E-state index in [1.807, 2.05) is 30.5 Å². The third-order valence-electron chi connectivity index (χ3n) is 9.24. The third-order valence-corrected chi connectivity index (χ3v) is 11.2. The average Bonchev–Trinajstić information content (AvgIpc) is 3.57. The molecule has 0 N–H and O–H groups in total. The van der Waals surface area contributed by atoms with Gasteiger partial charge in [-0.15, -0.1) is 6.42 Å². The second-order valence-electron chi connectivity index (χ2n) is 13.2. The Labute approximate surface area is 315 Å². The van der Waals surface area contributed by atoms with Gasteiger partial charge in [-0.3, -0.25) is 9.78 Å². The van der Waals surface area contributed by atoms with E-state index in [0.29, 0.717) is 94.0 Å². The van der Waals surface area contributed by atoms with Crippen LogP contribution in [0.1, 0.15) is 44.5 Å². The molecule has 2 aliphatic rings. The number of sulfone groups is 1. The lowest BCUT2D eigenvalue weighted by molar-refractivity contribution is -0.125. The number of nitrogens with zero attached hydrogens (tertiary/aromatic N) is 5. The van der Waals surface area contributed by atoms with Crippen LogP contribution >= 0.6 is 11.6 Å². The molecule has 2 amide bonds. The van der Waals surface area contributed by atoms with Crippen LogP contribution in [0.4, 0.5) is 10.5 Å². The molecule has 53 heavy (non-hydrogen) atoms. The SMILES string of the molecule is C#CCOCCOCCOCCOCCS(=O)(=O)CCCn1c(CN2C(=O)C3(CCN(C(=O)OC(C)C)CC3)c3ccncc32)nc2cc(Cl)ccc21. The normalized spacial score (nSPS) is 15.4. The summed E-state index contributed by atoms with van der Waals surface area (Å²) in [5.41, 5.74) is 2.22. The van der Waals surface area contributed by atoms with Crippen molar-refractivity contribution in [3.05, 3.63) is 53.1 Å². The van der Waals surface area contributed by atoms with Gasteiger partial charge in [0.05, 0.1) is 98.7 Å². The van der Waals surface area contributed by atoms with E-state index in [1.54, 1.807) is 34.3 Å². The molecule has 0 bridgehead atoms. The largest absolute Gasteiger partial charge is 0.447 e. The Bertz CT molecular complexity index is 1850. The molecule has 14 nitrogen and oxygen atoms in total. The predicted octanol–water partition coefficient (Wildman–Crippen LogP) is 4.01. The van der Waals surface area contributed by atoms with Crippen molar-refractivity contribution in [3.8, 4) is 12.3 Å². The van der Waals surface area contributed by atoms with Gasteiger partial charge in [0.1, 0.15) is 12.4 Å². The van der Waals surface area contributed by atoms with Gasteiger partial charge in [0.25, 0.3) is 0 Å². The van der Waals surface area contributed by atoms with E-state index in [9.17, 15) is 18.0 Å². The first-order valence-corrected chi connectivity index (χ1v) is 20.1. The molecular formula is C37H48ClN5O9S. The topological polar surface area (TPSA) is 152 Å². The lowest BCUT2D eigenvalue weighted by Crippen LogP contribution is -2.50. The fourth-order valence-electron chi connectivity index (χ4n) is 6.66. The molecule has 0 aliphatic carbocycles. The molecule has 288 valence electrons. The number of piperidine rings is 1. The van der Waals surface area contributed by atoms with Crippen molar-refractivity contribution in [1.29, 1.82) is 0 Å². The van der Waals surface area contributed by atoms with Crippen molar-refractivity contribution in [1.82, 2.24) is 19.4 Å². The summed E-state index contributed by atoms with van der Waals surface area (Å²) in [6, 6.07) is 7.27. The Morgan fingerprint density at radius 3 is 2.36 bits per heavy atom. The van der Waals surface area contributed by atoms with Gasteiger partial charge >= 0.3 is 6.09 Å². The van der Waals surface area contributed by atoms with Gasteiger partial charge in [-0.05, 0) is 62.9 Å². The zero-order valence-electron chi connectivity index (χ0n) is 30.3. The molecule has 3 aromatic rings. The first-order valence-electron chi connectivity index (χ1n) is 17.9. The maximum Gasteiger partial charge on any atom is 0.410 e. The summed E-state index contributed by atoms with van der Waals surface area (Å²) >= 11 is 6.32. The second kappa shape index (κ2) is 19.0. The van der Waals surface area contributed by atoms with Crippen LogP contribution in [-0.4, -0.2) is 123 Å². The van der Waals surface area contributed by atoms with Crippen molar-refractivity contribution in [3.63, 3.8) is 0 Å². The fourth-order valence-corrected chi connectivity index (χ4v) is 7.97. The smallest absolute Gasteiger partial charge is 0.410 e. The molecule has 0 unspecified atom stereocenters. The van der Waals surface area contributed by atoms with E-state index in [4.69, 9.17) is 46.7 Å². The molecule has 1 aromatic carbocycles. The number of rotatable bonds is 20. The van der Waals surface area contributed by atoms with Crippen molar-refractivity contribution >= 4 is 50.2 Å². The number of aromatic nitrogens is 3. The Kier molecular flexibility index (Phi) is 14.5. The number of halogens is 1. The summed E-state index contributed by atoms with van der Waals surface area (Å²) in [6.07, 6.45) is 9.12. The quantitative estimate of drug-likeness (QED) is 0.121. The van der Waals surface area contributed by atoms with Crippen LogP contribution in [0.3, 0.4) is 0 Å². The zero-order chi connectivity index (χ0) is 37.8. The minimum Gasteiger partial charge on any atom is -0.447 e. The van der Waals surface area contributed by atoms with Crippen LogP contribution in [0.5, 0.6) is 0 Å². The van der Waals surface area contributed by atoms with Crippen LogP contribution in [0.2, 0.25) is 5.02 Å². The van der Waals surface area contributed by atoms with Gasteiger partial charge in [0, 0.05) is 30.9 Å². The molecule has 0 radical (unpaired) electrons. The number of carbonyl (C=O) groups is 2. The Morgan fingerprint density at radius 1 is 1.00 bits per heavy atom. The first-order chi connectivity index (χ1) is 25.5. The average molecular weight is 774 g/mol. The molecule has 2 aliphatic heterocycles. The van der Waals surface area contributed by atoms with Gasteiger partial charge in [-0.25, -0.2) is 18.2 Å². The van der Waals surface area contributed by atoms with E-state index in [-0.39, 0.29) is 56.0 Å². The van der Waals surface area contributed by atoms with Crippen LogP contribution in [0.15, 0.2) is 36.7 Å².